The number of carbonyl (C=O) groups excluding carboxylic acids is 1. The summed E-state index contributed by atoms with van der Waals surface area (Å²) in [5.41, 5.74) is -2.24. The Morgan fingerprint density at radius 3 is 1.59 bits per heavy atom. The molecule has 0 radical (unpaired) electrons. The number of benzene rings is 1. The third kappa shape index (κ3) is 4.37. The number of allylic oxidation sites excluding steroid dienone is 1. The lowest BCUT2D eigenvalue weighted by molar-refractivity contribution is -0.436. The number of carbonyl (C=O) groups is 1. The molecule has 0 aliphatic carbocycles. The van der Waals surface area contributed by atoms with Gasteiger partial charge in [0.2, 0.25) is 0 Å². The molecular weight excluding hydrogens is 483 g/mol. The molecule has 0 aliphatic rings. The molecule has 1 rings (SSSR count). The zero-order valence-corrected chi connectivity index (χ0v) is 15.4. The normalized spacial score (nSPS) is 15.0. The lowest BCUT2D eigenvalue weighted by atomic mass is 9.92. The minimum Gasteiger partial charge on any atom is -0.462 e. The predicted octanol–water partition coefficient (Wildman–Crippen LogP) is 6.37. The molecule has 0 saturated heterocycles. The summed E-state index contributed by atoms with van der Waals surface area (Å²) in [6.07, 6.45) is -8.77. The third-order valence-electron chi connectivity index (χ3n) is 3.86. The van der Waals surface area contributed by atoms with Crippen LogP contribution in [-0.4, -0.2) is 48.4 Å². The molecular formula is C17H11F13O2. The van der Waals surface area contributed by atoms with Crippen molar-refractivity contribution in [2.24, 2.45) is 0 Å². The molecule has 0 N–H and O–H groups in total. The van der Waals surface area contributed by atoms with Crippen LogP contribution in [0.3, 0.4) is 0 Å². The van der Waals surface area contributed by atoms with Crippen molar-refractivity contribution in [1.82, 2.24) is 0 Å². The van der Waals surface area contributed by atoms with Crippen LogP contribution in [-0.2, 0) is 9.53 Å². The van der Waals surface area contributed by atoms with Gasteiger partial charge in [0.05, 0.1) is 12.2 Å². The number of hydrogen-bond acceptors (Lipinski definition) is 2. The maximum Gasteiger partial charge on any atom is 0.460 e. The molecule has 0 aliphatic heterocycles. The first kappa shape index (κ1) is 27.6. The number of rotatable bonds is 8. The predicted molar refractivity (Wildman–Crippen MR) is 81.8 cm³/mol. The highest BCUT2D eigenvalue weighted by molar-refractivity contribution is 6.16. The second-order valence-electron chi connectivity index (χ2n) is 6.06. The molecule has 0 fully saturated rings. The number of ether oxygens (including phenoxy) is 1. The average Bonchev–Trinajstić information content (AvgIpc) is 2.65. The van der Waals surface area contributed by atoms with Gasteiger partial charge in [-0.3, -0.25) is 0 Å². The van der Waals surface area contributed by atoms with Gasteiger partial charge < -0.3 is 4.74 Å². The topological polar surface area (TPSA) is 26.3 Å². The minimum absolute atomic E-state index is 0.559. The fourth-order valence-electron chi connectivity index (χ4n) is 2.14. The number of alkyl halides is 13. The van der Waals surface area contributed by atoms with Crippen LogP contribution in [0.25, 0.3) is 5.57 Å². The fourth-order valence-corrected chi connectivity index (χ4v) is 2.14. The van der Waals surface area contributed by atoms with Gasteiger partial charge in [-0.15, -0.1) is 0 Å². The van der Waals surface area contributed by atoms with Crippen LogP contribution in [0.2, 0.25) is 0 Å². The molecule has 0 amide bonds. The van der Waals surface area contributed by atoms with Crippen molar-refractivity contribution in [2.75, 3.05) is 6.61 Å². The van der Waals surface area contributed by atoms with Gasteiger partial charge in [0.25, 0.3) is 0 Å². The van der Waals surface area contributed by atoms with E-state index >= 15 is 0 Å². The van der Waals surface area contributed by atoms with E-state index in [9.17, 15) is 61.9 Å². The Balaban J connectivity index is 3.68. The van der Waals surface area contributed by atoms with Crippen molar-refractivity contribution >= 4 is 11.5 Å². The monoisotopic (exact) mass is 494 g/mol. The van der Waals surface area contributed by atoms with Gasteiger partial charge in [0.15, 0.2) is 0 Å². The molecule has 32 heavy (non-hydrogen) atoms. The fraction of sp³-hybridized carbons (Fsp3) is 0.471. The zero-order chi connectivity index (χ0) is 25.4. The van der Waals surface area contributed by atoms with Crippen molar-refractivity contribution in [3.63, 3.8) is 0 Å². The summed E-state index contributed by atoms with van der Waals surface area (Å²) in [4.78, 5) is 11.8. The lowest BCUT2D eigenvalue weighted by Crippen LogP contribution is -2.69. The van der Waals surface area contributed by atoms with E-state index < -0.39 is 65.6 Å². The molecule has 1 aromatic carbocycles. The number of esters is 1. The lowest BCUT2D eigenvalue weighted by Gasteiger charge is -2.39. The van der Waals surface area contributed by atoms with E-state index in [2.05, 4.69) is 4.74 Å². The van der Waals surface area contributed by atoms with Crippen LogP contribution in [0.5, 0.6) is 0 Å². The first-order chi connectivity index (χ1) is 14.2. The highest BCUT2D eigenvalue weighted by atomic mass is 19.4. The highest BCUT2D eigenvalue weighted by Crippen LogP contribution is 2.60. The summed E-state index contributed by atoms with van der Waals surface area (Å²) in [5, 5.41) is 0. The maximum atomic E-state index is 14.1. The molecule has 2 nitrogen and oxygen atoms in total. The van der Waals surface area contributed by atoms with Crippen LogP contribution < -0.4 is 0 Å². The van der Waals surface area contributed by atoms with Crippen molar-refractivity contribution in [3.8, 4) is 0 Å². The number of halogens is 13. The Bertz CT molecular complexity index is 842. The summed E-state index contributed by atoms with van der Waals surface area (Å²) in [7, 11) is 0. The van der Waals surface area contributed by atoms with E-state index in [1.165, 1.54) is 6.07 Å². The quantitative estimate of drug-likeness (QED) is 0.239. The highest BCUT2D eigenvalue weighted by Gasteiger charge is 2.90. The SMILES string of the molecule is CCOC(=O)/C(=C/C(F)(F)C(F)(F)C(F)(F)C(F)(F)C(F)(F)C(F)(F)F)c1ccccc1. The van der Waals surface area contributed by atoms with Crippen LogP contribution in [0.15, 0.2) is 36.4 Å². The summed E-state index contributed by atoms with van der Waals surface area (Å²) >= 11 is 0. The average molecular weight is 494 g/mol. The molecule has 0 bridgehead atoms. The number of hydrogen-bond donors (Lipinski definition) is 0. The third-order valence-corrected chi connectivity index (χ3v) is 3.86. The second-order valence-corrected chi connectivity index (χ2v) is 6.06. The Hall–Kier alpha value is -2.48. The molecule has 0 aromatic heterocycles. The van der Waals surface area contributed by atoms with Gasteiger partial charge in [-0.2, -0.15) is 57.1 Å². The largest absolute Gasteiger partial charge is 0.462 e. The van der Waals surface area contributed by atoms with Gasteiger partial charge >= 0.3 is 41.8 Å². The summed E-state index contributed by atoms with van der Waals surface area (Å²) in [6, 6.07) is 4.94. The summed E-state index contributed by atoms with van der Waals surface area (Å²) in [5.74, 6) is -39.7. The molecule has 0 atom stereocenters. The van der Waals surface area contributed by atoms with E-state index in [0.29, 0.717) is 0 Å². The van der Waals surface area contributed by atoms with E-state index in [1.54, 1.807) is 0 Å². The van der Waals surface area contributed by atoms with Crippen molar-refractivity contribution < 1.29 is 66.6 Å². The molecule has 15 heteroatoms. The zero-order valence-electron chi connectivity index (χ0n) is 15.4. The molecule has 0 heterocycles. The van der Waals surface area contributed by atoms with Gasteiger partial charge in [-0.25, -0.2) is 4.79 Å². The first-order valence-electron chi connectivity index (χ1n) is 8.10. The Morgan fingerprint density at radius 1 is 0.750 bits per heavy atom. The first-order valence-corrected chi connectivity index (χ1v) is 8.10. The van der Waals surface area contributed by atoms with E-state index in [1.807, 2.05) is 0 Å². The van der Waals surface area contributed by atoms with Crippen LogP contribution >= 0.6 is 0 Å². The van der Waals surface area contributed by atoms with Crippen LogP contribution in [0.1, 0.15) is 12.5 Å². The smallest absolute Gasteiger partial charge is 0.460 e. The molecule has 0 unspecified atom stereocenters. The Labute approximate surface area is 170 Å². The van der Waals surface area contributed by atoms with E-state index in [4.69, 9.17) is 0 Å². The van der Waals surface area contributed by atoms with Crippen LogP contribution in [0.4, 0.5) is 57.1 Å². The maximum absolute atomic E-state index is 14.1. The van der Waals surface area contributed by atoms with Crippen molar-refractivity contribution in [2.45, 2.75) is 42.7 Å². The van der Waals surface area contributed by atoms with Gasteiger partial charge in [0.1, 0.15) is 0 Å². The van der Waals surface area contributed by atoms with Crippen LogP contribution in [0, 0.1) is 0 Å². The van der Waals surface area contributed by atoms with Gasteiger partial charge in [-0.05, 0) is 12.5 Å². The van der Waals surface area contributed by atoms with Crippen molar-refractivity contribution in [3.05, 3.63) is 42.0 Å². The molecule has 0 spiro atoms. The molecule has 0 saturated carbocycles. The van der Waals surface area contributed by atoms with E-state index in [0.717, 1.165) is 31.2 Å². The van der Waals surface area contributed by atoms with E-state index in [-0.39, 0.29) is 0 Å². The van der Waals surface area contributed by atoms with Crippen molar-refractivity contribution in [1.29, 1.82) is 0 Å². The van der Waals surface area contributed by atoms with Gasteiger partial charge in [0, 0.05) is 6.08 Å². The second kappa shape index (κ2) is 8.46. The molecule has 182 valence electrons. The Morgan fingerprint density at radius 2 is 1.19 bits per heavy atom. The van der Waals surface area contributed by atoms with Gasteiger partial charge in [-0.1, -0.05) is 30.3 Å². The minimum atomic E-state index is -8.02. The Kier molecular flexibility index (Phi) is 7.29. The standard InChI is InChI=1S/C17H11F13O2/c1-2-32-11(31)10(9-6-4-3-5-7-9)8-12(18,19)13(20,21)14(22,23)15(24,25)16(26,27)17(28,29)30/h3-8H,2H2,1H3/b10-8+. The molecule has 1 aromatic rings. The summed E-state index contributed by atoms with van der Waals surface area (Å²) in [6.45, 7) is 0.554. The summed E-state index contributed by atoms with van der Waals surface area (Å²) < 4.78 is 176.